The molecule has 0 bridgehead atoms. The van der Waals surface area contributed by atoms with Gasteiger partial charge in [-0.2, -0.15) is 0 Å². The van der Waals surface area contributed by atoms with Crippen LogP contribution in [-0.2, 0) is 33.7 Å². The van der Waals surface area contributed by atoms with Crippen LogP contribution in [0.3, 0.4) is 0 Å². The van der Waals surface area contributed by atoms with Gasteiger partial charge in [0.05, 0.1) is 23.8 Å². The maximum atomic E-state index is 12.1. The third kappa shape index (κ3) is 4.26. The fourth-order valence-corrected chi connectivity index (χ4v) is 6.01. The van der Waals surface area contributed by atoms with Gasteiger partial charge in [-0.3, -0.25) is 4.90 Å². The molecule has 184 valence electrons. The second kappa shape index (κ2) is 9.04. The molecule has 2 aromatic carbocycles. The predicted octanol–water partition coefficient (Wildman–Crippen LogP) is 3.07. The van der Waals surface area contributed by atoms with E-state index in [-0.39, 0.29) is 24.1 Å². The zero-order valence-corrected chi connectivity index (χ0v) is 20.4. The van der Waals surface area contributed by atoms with Crippen molar-refractivity contribution in [2.24, 2.45) is 0 Å². The standard InChI is InChI=1S/C28H32N2O5/c1-17-11-20-12-19(3-4-23(20)28(32)35-17)7-8-29-9-10-30-14-26(33-15-21(30)13-29)22-5-6-24-25(18(22)2)16-34-27(24)31/h3-6,12,17,21,26H,7-11,13-16H2,1-2H3/t17-,21-,26-/m0/s1. The van der Waals surface area contributed by atoms with Crippen LogP contribution in [0.1, 0.15) is 61.6 Å². The average Bonchev–Trinajstić information content (AvgIpc) is 3.23. The maximum absolute atomic E-state index is 12.1. The summed E-state index contributed by atoms with van der Waals surface area (Å²) in [6.07, 6.45) is 1.75. The van der Waals surface area contributed by atoms with Crippen molar-refractivity contribution in [1.82, 2.24) is 9.80 Å². The number of carbonyl (C=O) groups excluding carboxylic acids is 2. The van der Waals surface area contributed by atoms with Crippen LogP contribution in [0.25, 0.3) is 0 Å². The Morgan fingerprint density at radius 2 is 1.89 bits per heavy atom. The minimum atomic E-state index is -0.220. The molecule has 0 radical (unpaired) electrons. The van der Waals surface area contributed by atoms with Crippen molar-refractivity contribution in [3.63, 3.8) is 0 Å². The molecule has 0 amide bonds. The van der Waals surface area contributed by atoms with Crippen molar-refractivity contribution < 1.29 is 23.8 Å². The molecule has 35 heavy (non-hydrogen) atoms. The summed E-state index contributed by atoms with van der Waals surface area (Å²) in [7, 11) is 0. The van der Waals surface area contributed by atoms with Crippen molar-refractivity contribution in [1.29, 1.82) is 0 Å². The summed E-state index contributed by atoms with van der Waals surface area (Å²) >= 11 is 0. The normalized spacial score (nSPS) is 26.5. The first-order chi connectivity index (χ1) is 17.0. The van der Waals surface area contributed by atoms with Gasteiger partial charge in [0.25, 0.3) is 0 Å². The predicted molar refractivity (Wildman–Crippen MR) is 130 cm³/mol. The molecule has 4 aliphatic heterocycles. The molecule has 0 N–H and O–H groups in total. The number of fused-ring (bicyclic) bond motifs is 3. The molecule has 0 unspecified atom stereocenters. The molecule has 2 saturated heterocycles. The van der Waals surface area contributed by atoms with Crippen LogP contribution in [0.15, 0.2) is 30.3 Å². The lowest BCUT2D eigenvalue weighted by molar-refractivity contribution is -0.0903. The zero-order valence-electron chi connectivity index (χ0n) is 20.4. The summed E-state index contributed by atoms with van der Waals surface area (Å²) in [5.41, 5.74) is 7.12. The van der Waals surface area contributed by atoms with Gasteiger partial charge in [-0.05, 0) is 54.7 Å². The Balaban J connectivity index is 1.06. The minimum Gasteiger partial charge on any atom is -0.459 e. The Morgan fingerprint density at radius 1 is 1.03 bits per heavy atom. The summed E-state index contributed by atoms with van der Waals surface area (Å²) in [6.45, 7) is 10.1. The fraction of sp³-hybridized carbons (Fsp3) is 0.500. The summed E-state index contributed by atoms with van der Waals surface area (Å²) in [5, 5.41) is 0. The lowest BCUT2D eigenvalue weighted by Gasteiger charge is -2.46. The quantitative estimate of drug-likeness (QED) is 0.629. The summed E-state index contributed by atoms with van der Waals surface area (Å²) in [5.74, 6) is -0.420. The molecule has 7 heteroatoms. The lowest BCUT2D eigenvalue weighted by Crippen LogP contribution is -2.58. The minimum absolute atomic E-state index is 0.0309. The molecule has 4 heterocycles. The van der Waals surface area contributed by atoms with Crippen LogP contribution in [0.5, 0.6) is 0 Å². The van der Waals surface area contributed by atoms with E-state index >= 15 is 0 Å². The lowest BCUT2D eigenvalue weighted by atomic mass is 9.94. The number of hydrogen-bond acceptors (Lipinski definition) is 7. The molecule has 0 aromatic heterocycles. The van der Waals surface area contributed by atoms with E-state index in [2.05, 4.69) is 28.9 Å². The van der Waals surface area contributed by atoms with E-state index in [0.717, 1.165) is 62.3 Å². The number of ether oxygens (including phenoxy) is 3. The van der Waals surface area contributed by atoms with Gasteiger partial charge in [0.15, 0.2) is 0 Å². The number of morpholine rings is 1. The van der Waals surface area contributed by atoms with E-state index in [0.29, 0.717) is 30.4 Å². The van der Waals surface area contributed by atoms with Crippen molar-refractivity contribution in [2.45, 2.75) is 51.5 Å². The van der Waals surface area contributed by atoms with Crippen LogP contribution < -0.4 is 0 Å². The fourth-order valence-electron chi connectivity index (χ4n) is 6.01. The van der Waals surface area contributed by atoms with Gasteiger partial charge in [0.1, 0.15) is 12.7 Å². The van der Waals surface area contributed by atoms with E-state index < -0.39 is 0 Å². The first-order valence-electron chi connectivity index (χ1n) is 12.7. The highest BCUT2D eigenvalue weighted by Gasteiger charge is 2.35. The maximum Gasteiger partial charge on any atom is 0.338 e. The topological polar surface area (TPSA) is 68.3 Å². The van der Waals surface area contributed by atoms with Crippen LogP contribution in [0.2, 0.25) is 0 Å². The molecule has 0 spiro atoms. The van der Waals surface area contributed by atoms with Gasteiger partial charge in [0.2, 0.25) is 0 Å². The summed E-state index contributed by atoms with van der Waals surface area (Å²) in [6, 6.07) is 10.5. The van der Waals surface area contributed by atoms with Crippen LogP contribution in [-0.4, -0.2) is 73.2 Å². The highest BCUT2D eigenvalue weighted by atomic mass is 16.5. The average molecular weight is 477 g/mol. The number of piperazine rings is 1. The second-order valence-corrected chi connectivity index (χ2v) is 10.3. The molecule has 7 nitrogen and oxygen atoms in total. The second-order valence-electron chi connectivity index (χ2n) is 10.3. The molecule has 0 aliphatic carbocycles. The number of esters is 2. The Hall–Kier alpha value is -2.74. The Kier molecular flexibility index (Phi) is 5.87. The van der Waals surface area contributed by atoms with Crippen LogP contribution in [0.4, 0.5) is 0 Å². The van der Waals surface area contributed by atoms with Crippen molar-refractivity contribution in [3.8, 4) is 0 Å². The van der Waals surface area contributed by atoms with E-state index in [1.54, 1.807) is 0 Å². The van der Waals surface area contributed by atoms with E-state index in [1.165, 1.54) is 11.1 Å². The summed E-state index contributed by atoms with van der Waals surface area (Å²) in [4.78, 5) is 29.0. The van der Waals surface area contributed by atoms with Gasteiger partial charge in [-0.15, -0.1) is 0 Å². The molecule has 0 saturated carbocycles. The van der Waals surface area contributed by atoms with Gasteiger partial charge in [-0.1, -0.05) is 18.2 Å². The van der Waals surface area contributed by atoms with Crippen molar-refractivity contribution >= 4 is 11.9 Å². The van der Waals surface area contributed by atoms with Crippen molar-refractivity contribution in [3.05, 3.63) is 69.3 Å². The first-order valence-corrected chi connectivity index (χ1v) is 12.7. The highest BCUT2D eigenvalue weighted by molar-refractivity contribution is 5.94. The highest BCUT2D eigenvalue weighted by Crippen LogP contribution is 2.33. The number of benzene rings is 2. The number of cyclic esters (lactones) is 2. The van der Waals surface area contributed by atoms with E-state index in [4.69, 9.17) is 14.2 Å². The number of carbonyl (C=O) groups is 2. The van der Waals surface area contributed by atoms with Gasteiger partial charge >= 0.3 is 11.9 Å². The van der Waals surface area contributed by atoms with E-state index in [9.17, 15) is 9.59 Å². The van der Waals surface area contributed by atoms with Gasteiger partial charge < -0.3 is 19.1 Å². The molecule has 2 aromatic rings. The number of rotatable bonds is 4. The van der Waals surface area contributed by atoms with Gasteiger partial charge in [-0.25, -0.2) is 9.59 Å². The summed E-state index contributed by atoms with van der Waals surface area (Å²) < 4.78 is 16.9. The smallest absolute Gasteiger partial charge is 0.338 e. The molecule has 3 atom stereocenters. The zero-order chi connectivity index (χ0) is 24.1. The number of nitrogens with zero attached hydrogens (tertiary/aromatic N) is 2. The molecular formula is C28H32N2O5. The third-order valence-electron chi connectivity index (χ3n) is 8.06. The van der Waals surface area contributed by atoms with E-state index in [1.807, 2.05) is 25.1 Å². The number of hydrogen-bond donors (Lipinski definition) is 0. The Bertz CT molecular complexity index is 1180. The molecule has 6 rings (SSSR count). The Labute approximate surface area is 205 Å². The molecular weight excluding hydrogens is 444 g/mol. The first kappa shape index (κ1) is 22.7. The SMILES string of the molecule is Cc1c([C@@H]2CN3CCN(CCc4ccc5c(c4)C[C@H](C)OC5=O)C[C@H]3CO2)ccc2c1COC2=O. The molecule has 2 fully saturated rings. The Morgan fingerprint density at radius 3 is 2.77 bits per heavy atom. The van der Waals surface area contributed by atoms with Crippen molar-refractivity contribution in [2.75, 3.05) is 39.3 Å². The van der Waals surface area contributed by atoms with Gasteiger partial charge in [0, 0.05) is 50.7 Å². The van der Waals surface area contributed by atoms with Crippen LogP contribution in [0, 0.1) is 6.92 Å². The molecule has 4 aliphatic rings. The third-order valence-corrected chi connectivity index (χ3v) is 8.06. The monoisotopic (exact) mass is 476 g/mol. The largest absolute Gasteiger partial charge is 0.459 e. The van der Waals surface area contributed by atoms with Crippen LogP contribution >= 0.6 is 0 Å².